The van der Waals surface area contributed by atoms with Crippen LogP contribution in [0.3, 0.4) is 0 Å². The standard InChI is InChI=1S/C21H22N4O2/c1-16(26)22-12-13-23-21(27)19-15-25(14-17-8-4-2-5-9-17)24-20(19)18-10-6-3-7-11-18/h2-11,15H,12-14H2,1H3,(H,22,26)(H,23,27). The number of benzene rings is 2. The number of aromatic nitrogens is 2. The SMILES string of the molecule is CC(=O)NCCNC(=O)c1cn(Cc2ccccc2)nc1-c1ccccc1. The first-order valence-corrected chi connectivity index (χ1v) is 8.83. The number of hydrogen-bond donors (Lipinski definition) is 2. The summed E-state index contributed by atoms with van der Waals surface area (Å²) in [7, 11) is 0. The van der Waals surface area contributed by atoms with Crippen LogP contribution in [0.25, 0.3) is 11.3 Å². The average molecular weight is 362 g/mol. The fraction of sp³-hybridized carbons (Fsp3) is 0.190. The second-order valence-electron chi connectivity index (χ2n) is 6.18. The normalized spacial score (nSPS) is 10.4. The van der Waals surface area contributed by atoms with Gasteiger partial charge in [0.05, 0.1) is 12.1 Å². The van der Waals surface area contributed by atoms with Gasteiger partial charge in [0.25, 0.3) is 5.91 Å². The van der Waals surface area contributed by atoms with E-state index in [-0.39, 0.29) is 11.8 Å². The number of nitrogens with one attached hydrogen (secondary N) is 2. The van der Waals surface area contributed by atoms with Crippen molar-refractivity contribution in [2.75, 3.05) is 13.1 Å². The van der Waals surface area contributed by atoms with E-state index < -0.39 is 0 Å². The maximum absolute atomic E-state index is 12.7. The maximum Gasteiger partial charge on any atom is 0.255 e. The minimum absolute atomic E-state index is 0.120. The largest absolute Gasteiger partial charge is 0.355 e. The lowest BCUT2D eigenvalue weighted by Crippen LogP contribution is -2.33. The highest BCUT2D eigenvalue weighted by Gasteiger charge is 2.17. The van der Waals surface area contributed by atoms with E-state index in [1.54, 1.807) is 10.9 Å². The molecule has 2 N–H and O–H groups in total. The van der Waals surface area contributed by atoms with Gasteiger partial charge in [-0.1, -0.05) is 60.7 Å². The van der Waals surface area contributed by atoms with Gasteiger partial charge in [-0.25, -0.2) is 0 Å². The summed E-state index contributed by atoms with van der Waals surface area (Å²) in [5.41, 5.74) is 3.15. The molecule has 0 aliphatic carbocycles. The molecule has 0 saturated carbocycles. The van der Waals surface area contributed by atoms with Gasteiger partial charge >= 0.3 is 0 Å². The van der Waals surface area contributed by atoms with E-state index >= 15 is 0 Å². The third-order valence-electron chi connectivity index (χ3n) is 4.03. The molecule has 3 rings (SSSR count). The van der Waals surface area contributed by atoms with E-state index in [2.05, 4.69) is 15.7 Å². The number of carbonyl (C=O) groups is 2. The Labute approximate surface area is 158 Å². The molecule has 1 aromatic heterocycles. The van der Waals surface area contributed by atoms with Crippen molar-refractivity contribution in [3.05, 3.63) is 78.0 Å². The van der Waals surface area contributed by atoms with Gasteiger partial charge in [-0.3, -0.25) is 14.3 Å². The molecule has 27 heavy (non-hydrogen) atoms. The smallest absolute Gasteiger partial charge is 0.255 e. The van der Waals surface area contributed by atoms with Crippen molar-refractivity contribution in [3.8, 4) is 11.3 Å². The Morgan fingerprint density at radius 1 is 0.926 bits per heavy atom. The summed E-state index contributed by atoms with van der Waals surface area (Å²) in [5, 5.41) is 10.1. The van der Waals surface area contributed by atoms with Crippen molar-refractivity contribution < 1.29 is 9.59 Å². The second kappa shape index (κ2) is 8.80. The first kappa shape index (κ1) is 18.4. The third kappa shape index (κ3) is 5.04. The molecule has 0 unspecified atom stereocenters. The monoisotopic (exact) mass is 362 g/mol. The quantitative estimate of drug-likeness (QED) is 0.634. The van der Waals surface area contributed by atoms with Crippen molar-refractivity contribution >= 4 is 11.8 Å². The van der Waals surface area contributed by atoms with Crippen LogP contribution in [-0.2, 0) is 11.3 Å². The van der Waals surface area contributed by atoms with Gasteiger partial charge in [0.1, 0.15) is 5.69 Å². The van der Waals surface area contributed by atoms with Crippen LogP contribution < -0.4 is 10.6 Å². The zero-order chi connectivity index (χ0) is 19.1. The lowest BCUT2D eigenvalue weighted by atomic mass is 10.1. The maximum atomic E-state index is 12.7. The van der Waals surface area contributed by atoms with Crippen LogP contribution in [0.4, 0.5) is 0 Å². The van der Waals surface area contributed by atoms with Crippen LogP contribution in [0.15, 0.2) is 66.9 Å². The van der Waals surface area contributed by atoms with Crippen LogP contribution in [0.1, 0.15) is 22.8 Å². The molecular formula is C21H22N4O2. The molecule has 0 aliphatic rings. The van der Waals surface area contributed by atoms with Crippen LogP contribution in [0.2, 0.25) is 0 Å². The molecule has 0 fully saturated rings. The predicted octanol–water partition coefficient (Wildman–Crippen LogP) is 2.46. The molecule has 0 saturated heterocycles. The summed E-state index contributed by atoms with van der Waals surface area (Å²) in [6.45, 7) is 2.78. The molecule has 1 heterocycles. The van der Waals surface area contributed by atoms with Gasteiger partial charge < -0.3 is 10.6 Å². The molecular weight excluding hydrogens is 340 g/mol. The number of amides is 2. The van der Waals surface area contributed by atoms with E-state index in [0.29, 0.717) is 30.9 Å². The molecule has 138 valence electrons. The Morgan fingerprint density at radius 3 is 2.22 bits per heavy atom. The third-order valence-corrected chi connectivity index (χ3v) is 4.03. The van der Waals surface area contributed by atoms with Gasteiger partial charge in [-0.15, -0.1) is 0 Å². The van der Waals surface area contributed by atoms with Crippen molar-refractivity contribution in [3.63, 3.8) is 0 Å². The van der Waals surface area contributed by atoms with Gasteiger partial charge in [-0.2, -0.15) is 5.10 Å². The summed E-state index contributed by atoms with van der Waals surface area (Å²) in [4.78, 5) is 23.6. The van der Waals surface area contributed by atoms with Crippen molar-refractivity contribution in [2.24, 2.45) is 0 Å². The molecule has 0 aliphatic heterocycles. The first-order chi connectivity index (χ1) is 13.1. The molecule has 3 aromatic rings. The van der Waals surface area contributed by atoms with Crippen LogP contribution >= 0.6 is 0 Å². The van der Waals surface area contributed by atoms with Gasteiger partial charge in [0, 0.05) is 31.8 Å². The molecule has 0 spiro atoms. The minimum Gasteiger partial charge on any atom is -0.355 e. The fourth-order valence-electron chi connectivity index (χ4n) is 2.76. The number of hydrogen-bond acceptors (Lipinski definition) is 3. The summed E-state index contributed by atoms with van der Waals surface area (Å²) < 4.78 is 1.78. The topological polar surface area (TPSA) is 76.0 Å². The molecule has 0 bridgehead atoms. The van der Waals surface area contributed by atoms with E-state index in [9.17, 15) is 9.59 Å². The second-order valence-corrected chi connectivity index (χ2v) is 6.18. The van der Waals surface area contributed by atoms with Gasteiger partial charge in [0.15, 0.2) is 0 Å². The molecule has 2 amide bonds. The van der Waals surface area contributed by atoms with Crippen LogP contribution in [0.5, 0.6) is 0 Å². The first-order valence-electron chi connectivity index (χ1n) is 8.83. The Bertz CT molecular complexity index is 904. The lowest BCUT2D eigenvalue weighted by Gasteiger charge is -2.06. The van der Waals surface area contributed by atoms with Crippen molar-refractivity contribution in [1.82, 2.24) is 20.4 Å². The summed E-state index contributed by atoms with van der Waals surface area (Å²) in [5.74, 6) is -0.330. The summed E-state index contributed by atoms with van der Waals surface area (Å²) in [6, 6.07) is 19.6. The Balaban J connectivity index is 1.82. The molecule has 6 heteroatoms. The van der Waals surface area contributed by atoms with Gasteiger partial charge in [-0.05, 0) is 5.56 Å². The molecule has 0 atom stereocenters. The summed E-state index contributed by atoms with van der Waals surface area (Å²) >= 11 is 0. The Hall–Kier alpha value is -3.41. The van der Waals surface area contributed by atoms with E-state index in [1.807, 2.05) is 60.7 Å². The van der Waals surface area contributed by atoms with E-state index in [0.717, 1.165) is 11.1 Å². The van der Waals surface area contributed by atoms with Crippen LogP contribution in [0, 0.1) is 0 Å². The van der Waals surface area contributed by atoms with Gasteiger partial charge in [0.2, 0.25) is 5.91 Å². The van der Waals surface area contributed by atoms with E-state index in [1.165, 1.54) is 6.92 Å². The van der Waals surface area contributed by atoms with Crippen molar-refractivity contribution in [2.45, 2.75) is 13.5 Å². The summed E-state index contributed by atoms with van der Waals surface area (Å²) in [6.07, 6.45) is 1.77. The highest BCUT2D eigenvalue weighted by Crippen LogP contribution is 2.22. The highest BCUT2D eigenvalue weighted by molar-refractivity contribution is 5.99. The zero-order valence-electron chi connectivity index (χ0n) is 15.2. The Kier molecular flexibility index (Phi) is 5.99. The number of rotatable bonds is 7. The number of nitrogens with zero attached hydrogens (tertiary/aromatic N) is 2. The molecule has 0 radical (unpaired) electrons. The number of carbonyl (C=O) groups excluding carboxylic acids is 2. The molecule has 6 nitrogen and oxygen atoms in total. The minimum atomic E-state index is -0.210. The zero-order valence-corrected chi connectivity index (χ0v) is 15.2. The highest BCUT2D eigenvalue weighted by atomic mass is 16.2. The fourth-order valence-corrected chi connectivity index (χ4v) is 2.76. The lowest BCUT2D eigenvalue weighted by molar-refractivity contribution is -0.118. The van der Waals surface area contributed by atoms with E-state index in [4.69, 9.17) is 0 Å². The average Bonchev–Trinajstić information content (AvgIpc) is 3.10. The predicted molar refractivity (Wildman–Crippen MR) is 104 cm³/mol. The van der Waals surface area contributed by atoms with Crippen molar-refractivity contribution in [1.29, 1.82) is 0 Å². The van der Waals surface area contributed by atoms with Crippen LogP contribution in [-0.4, -0.2) is 34.7 Å². The Morgan fingerprint density at radius 2 is 1.56 bits per heavy atom. The molecule has 2 aromatic carbocycles.